The van der Waals surface area contributed by atoms with Gasteiger partial charge in [-0.25, -0.2) is 66.1 Å². The highest BCUT2D eigenvalue weighted by Gasteiger charge is 2.51. The van der Waals surface area contributed by atoms with E-state index in [0.717, 1.165) is 156 Å². The molecule has 0 saturated carbocycles. The Kier molecular flexibility index (Phi) is 32.2. The van der Waals surface area contributed by atoms with Crippen LogP contribution in [0.5, 0.6) is 0 Å². The molecule has 19 nitrogen and oxygen atoms in total. The summed E-state index contributed by atoms with van der Waals surface area (Å²) in [6.45, 7) is 30.0. The molecule has 2 N–H and O–H groups in total. The van der Waals surface area contributed by atoms with Crippen molar-refractivity contribution in [3.63, 3.8) is 0 Å². The van der Waals surface area contributed by atoms with Crippen LogP contribution in [-0.2, 0) is 78.7 Å². The van der Waals surface area contributed by atoms with Gasteiger partial charge < -0.3 is 29.4 Å². The molecule has 5 aliphatic heterocycles. The van der Waals surface area contributed by atoms with E-state index >= 15 is 0 Å². The summed E-state index contributed by atoms with van der Waals surface area (Å²) in [5, 5.41) is 15.1. The Morgan fingerprint density at radius 3 is 0.832 bits per heavy atom. The lowest BCUT2D eigenvalue weighted by molar-refractivity contribution is -0.0107. The molecular formula is C117H113Cl2F5N10O9. The summed E-state index contributed by atoms with van der Waals surface area (Å²) in [6, 6.07) is 88.7. The van der Waals surface area contributed by atoms with Gasteiger partial charge in [0, 0.05) is 59.5 Å². The van der Waals surface area contributed by atoms with Gasteiger partial charge in [-0.05, 0) is 344 Å². The highest BCUT2D eigenvalue weighted by Crippen LogP contribution is 2.48. The van der Waals surface area contributed by atoms with Crippen LogP contribution in [0.15, 0.2) is 316 Å². The van der Waals surface area contributed by atoms with E-state index in [1.54, 1.807) is 93.3 Å². The summed E-state index contributed by atoms with van der Waals surface area (Å²) in [5.74, 6) is -1.47. The summed E-state index contributed by atoms with van der Waals surface area (Å²) in [6.07, 6.45) is 3.32. The number of carbonyl (C=O) groups is 4. The number of amides is 4. The number of nitrogens with one attached hydrogen (secondary N) is 1. The second-order valence-electron chi connectivity index (χ2n) is 37.6. The molecule has 0 bridgehead atoms. The summed E-state index contributed by atoms with van der Waals surface area (Å²) in [4.78, 5) is 80.9. The molecule has 6 atom stereocenters. The summed E-state index contributed by atoms with van der Waals surface area (Å²) in [5.41, 5.74) is 16.4. The zero-order valence-electron chi connectivity index (χ0n) is 81.3. The number of pyridine rings is 5. The molecule has 143 heavy (non-hydrogen) atoms. The minimum absolute atomic E-state index is 0.0264. The molecule has 5 saturated heterocycles. The van der Waals surface area contributed by atoms with Crippen LogP contribution >= 0.6 is 23.2 Å². The highest BCUT2D eigenvalue weighted by molar-refractivity contribution is 6.30. The van der Waals surface area contributed by atoms with Crippen molar-refractivity contribution < 1.29 is 65.2 Å². The third kappa shape index (κ3) is 24.4. The molecule has 26 heteroatoms. The monoisotopic (exact) mass is 1970 g/mol. The Balaban J connectivity index is 0.000000136. The van der Waals surface area contributed by atoms with Gasteiger partial charge in [0.05, 0.1) is 67.7 Å². The van der Waals surface area contributed by atoms with Gasteiger partial charge in [-0.3, -0.25) is 19.6 Å². The maximum absolute atomic E-state index is 13.5. The van der Waals surface area contributed by atoms with Gasteiger partial charge in [0.15, 0.2) is 0 Å². The number of halogens is 7. The first-order chi connectivity index (χ1) is 68.5. The van der Waals surface area contributed by atoms with Crippen LogP contribution in [-0.4, -0.2) is 107 Å². The van der Waals surface area contributed by atoms with Crippen molar-refractivity contribution in [3.05, 3.63) is 423 Å². The lowest BCUT2D eigenvalue weighted by Gasteiger charge is -2.50. The number of aromatic nitrogens is 5. The second kappa shape index (κ2) is 44.7. The van der Waals surface area contributed by atoms with Gasteiger partial charge in [0.1, 0.15) is 71.4 Å². The minimum Gasteiger partial charge on any atom is -0.445 e. The number of nitrogens with zero attached hydrogens (tertiary/aromatic N) is 9. The van der Waals surface area contributed by atoms with Gasteiger partial charge in [-0.2, -0.15) is 0 Å². The number of ether oxygens (including phenoxy) is 4. The standard InChI is InChI=1S/C27H29FN2O3.2C26H25FN2O2.C23H20ClFN2O2.C15H14ClFN2/c1-4-27(3,32)24-17-21(16-23(29-24)20-10-12-22(28)13-11-20)26(2)14-15-30(26)25(31)33-18-19-8-6-5-7-9-19;2*1-18(2)23-15-21(16-24(28-23)20-9-11-22(27)12-10-20)26(3)13-14-29(26)25(30)31-17-19-7-5-4-6-8-19;1-23(11-12-27(23)22(28)29-15-16-5-3-2-4-6-16)18-13-20(26-21(24)14-18)17-7-9-19(25)10-8-17;1-15(6-7-18-15)11-8-13(19-14(16)9-11)10-2-4-12(17)5-3-10/h5-13,16-17,32H,4,14-15,18H2,1-3H3;2*4-12,15-16H,1,13-14,17H2,2-3H3;2-10,13-14H,11-12,15H2,1H3;2-5,8-9,18H,6-7H2,1H3/t26-,27?;26-;;;/m00.../s1. The zero-order chi connectivity index (χ0) is 102. The number of carbonyl (C=O) groups excluding carboxylic acids is 4. The third-order valence-electron chi connectivity index (χ3n) is 27.5. The molecule has 5 fully saturated rings. The van der Waals surface area contributed by atoms with Crippen molar-refractivity contribution in [1.82, 2.24) is 49.8 Å². The van der Waals surface area contributed by atoms with Crippen LogP contribution in [0.3, 0.4) is 0 Å². The van der Waals surface area contributed by atoms with Crippen LogP contribution in [0.2, 0.25) is 10.3 Å². The lowest BCUT2D eigenvalue weighted by Crippen LogP contribution is -2.58. The molecule has 4 amide bonds. The van der Waals surface area contributed by atoms with Gasteiger partial charge >= 0.3 is 24.4 Å². The average molecular weight is 1970 g/mol. The van der Waals surface area contributed by atoms with Crippen LogP contribution in [0.1, 0.15) is 168 Å². The van der Waals surface area contributed by atoms with E-state index in [2.05, 4.69) is 40.4 Å². The Labute approximate surface area is 841 Å². The van der Waals surface area contributed by atoms with Crippen LogP contribution in [0.4, 0.5) is 41.1 Å². The second-order valence-corrected chi connectivity index (χ2v) is 38.4. The van der Waals surface area contributed by atoms with E-state index in [4.69, 9.17) is 52.1 Å². The number of hydrogen-bond acceptors (Lipinski definition) is 15. The smallest absolute Gasteiger partial charge is 0.410 e. The van der Waals surface area contributed by atoms with Crippen molar-refractivity contribution in [1.29, 1.82) is 0 Å². The maximum Gasteiger partial charge on any atom is 0.410 e. The van der Waals surface area contributed by atoms with E-state index in [1.807, 2.05) is 224 Å². The van der Waals surface area contributed by atoms with Crippen molar-refractivity contribution >= 4 is 58.7 Å². The minimum atomic E-state index is -1.14. The molecule has 0 aliphatic carbocycles. The van der Waals surface area contributed by atoms with Crippen LogP contribution in [0, 0.1) is 29.1 Å². The van der Waals surface area contributed by atoms with Gasteiger partial charge in [-0.15, -0.1) is 0 Å². The summed E-state index contributed by atoms with van der Waals surface area (Å²) < 4.78 is 88.7. The highest BCUT2D eigenvalue weighted by atomic mass is 35.5. The number of aliphatic hydroxyl groups is 1. The number of hydrogen-bond donors (Lipinski definition) is 2. The largest absolute Gasteiger partial charge is 0.445 e. The topological polar surface area (TPSA) is 215 Å². The fourth-order valence-corrected chi connectivity index (χ4v) is 17.8. The normalized spacial score (nSPS) is 18.8. The molecule has 19 rings (SSSR count). The molecule has 0 spiro atoms. The maximum atomic E-state index is 13.5. The first-order valence-corrected chi connectivity index (χ1v) is 48.2. The van der Waals surface area contributed by atoms with Gasteiger partial charge in [0.2, 0.25) is 0 Å². The molecule has 14 aromatic rings. The first kappa shape index (κ1) is 103. The molecule has 9 aromatic carbocycles. The SMILES string of the molecule is C=C(C)c1cc(C2(C)CCN2C(=O)OCc2ccccc2)cc(-c2ccc(F)cc2)n1.C=C(C)c1cc([C@]2(C)CCN2C(=O)OCc2ccccc2)cc(-c2ccc(F)cc2)n1.CC1(c2cc(Cl)nc(-c3ccc(F)cc3)c2)CCN1.CC1(c2cc(Cl)nc(-c3ccc(F)cc3)c2)CCN1C(=O)OCc1ccccc1.CCC(C)(O)c1cc([C@]2(C)CCN2C(=O)OCc2ccccc2)cc(-c2ccc(F)cc2)n1. The van der Waals surface area contributed by atoms with E-state index in [0.29, 0.717) is 60.0 Å². The number of benzene rings is 9. The molecule has 10 heterocycles. The molecule has 5 aromatic heterocycles. The molecule has 5 aliphatic rings. The summed E-state index contributed by atoms with van der Waals surface area (Å²) >= 11 is 12.4. The van der Waals surface area contributed by atoms with E-state index in [9.17, 15) is 46.2 Å². The Morgan fingerprint density at radius 1 is 0.357 bits per heavy atom. The Morgan fingerprint density at radius 2 is 0.594 bits per heavy atom. The predicted octanol–water partition coefficient (Wildman–Crippen LogP) is 27.7. The van der Waals surface area contributed by atoms with Gasteiger partial charge in [0.25, 0.3) is 0 Å². The molecule has 0 radical (unpaired) electrons. The Hall–Kier alpha value is -14.6. The quantitative estimate of drug-likeness (QED) is 0.0367. The van der Waals surface area contributed by atoms with Crippen molar-refractivity contribution in [3.8, 4) is 56.3 Å². The number of rotatable bonds is 22. The van der Waals surface area contributed by atoms with E-state index < -0.39 is 27.8 Å². The third-order valence-corrected chi connectivity index (χ3v) is 27.9. The average Bonchev–Trinajstić information content (AvgIpc) is 0.767. The van der Waals surface area contributed by atoms with Crippen molar-refractivity contribution in [2.75, 3.05) is 32.7 Å². The molecule has 4 unspecified atom stereocenters. The fraction of sp³-hybridized carbons (Fsp3) is 0.256. The molecular weight excluding hydrogens is 1860 g/mol. The summed E-state index contributed by atoms with van der Waals surface area (Å²) in [7, 11) is 0. The molecule has 734 valence electrons. The van der Waals surface area contributed by atoms with Crippen molar-refractivity contribution in [2.45, 2.75) is 161 Å². The van der Waals surface area contributed by atoms with E-state index in [-0.39, 0.29) is 85.4 Å². The zero-order valence-corrected chi connectivity index (χ0v) is 82.8. The number of allylic oxidation sites excluding steroid dienone is 2. The van der Waals surface area contributed by atoms with Gasteiger partial charge in [-0.1, -0.05) is 165 Å². The van der Waals surface area contributed by atoms with Crippen LogP contribution in [0.25, 0.3) is 67.4 Å². The lowest BCUT2D eigenvalue weighted by atomic mass is 9.79. The Bertz CT molecular complexity index is 6710. The first-order valence-electron chi connectivity index (χ1n) is 47.5. The van der Waals surface area contributed by atoms with Crippen LogP contribution < -0.4 is 5.32 Å². The number of likely N-dealkylation sites (tertiary alicyclic amines) is 4. The fourth-order valence-electron chi connectivity index (χ4n) is 17.4. The predicted molar refractivity (Wildman–Crippen MR) is 549 cm³/mol. The van der Waals surface area contributed by atoms with Crippen molar-refractivity contribution in [2.24, 2.45) is 0 Å². The van der Waals surface area contributed by atoms with E-state index in [1.165, 1.54) is 60.7 Å².